The molecule has 0 aromatic carbocycles. The number of nitrogens with zero attached hydrogens (tertiary/aromatic N) is 2. The molecule has 1 saturated carbocycles. The molecule has 0 unspecified atom stereocenters. The summed E-state index contributed by atoms with van der Waals surface area (Å²) < 4.78 is 4.16. The predicted octanol–water partition coefficient (Wildman–Crippen LogP) is 2.99. The van der Waals surface area contributed by atoms with Gasteiger partial charge in [-0.1, -0.05) is 0 Å². The van der Waals surface area contributed by atoms with Crippen LogP contribution in [0.2, 0.25) is 14.8 Å². The van der Waals surface area contributed by atoms with Gasteiger partial charge >= 0.3 is 107 Å². The van der Waals surface area contributed by atoms with Gasteiger partial charge in [-0.15, -0.1) is 0 Å². The molecule has 2 heterocycles. The standard InChI is InChI=1S/C11H11N2.3CH3.Sn/c1-2-10-5-7-13(8-9-3-4-9)11(10)12-6-1;;;;/h1-2,5-6,9H,3-4,8H2;3*1H3;. The number of fused-ring (bicyclic) bond motifs is 1. The minimum atomic E-state index is -2.03. The van der Waals surface area contributed by atoms with E-state index in [1.165, 1.54) is 30.4 Å². The van der Waals surface area contributed by atoms with E-state index in [-0.39, 0.29) is 0 Å². The van der Waals surface area contributed by atoms with Gasteiger partial charge in [0.1, 0.15) is 0 Å². The van der Waals surface area contributed by atoms with Gasteiger partial charge in [0.15, 0.2) is 0 Å². The molecule has 1 fully saturated rings. The van der Waals surface area contributed by atoms with Crippen molar-refractivity contribution in [3.8, 4) is 0 Å². The van der Waals surface area contributed by atoms with Crippen LogP contribution < -0.4 is 3.71 Å². The molecule has 2 nitrogen and oxygen atoms in total. The van der Waals surface area contributed by atoms with Crippen molar-refractivity contribution in [2.24, 2.45) is 5.92 Å². The monoisotopic (exact) mass is 336 g/mol. The van der Waals surface area contributed by atoms with E-state index in [2.05, 4.69) is 36.5 Å². The summed E-state index contributed by atoms with van der Waals surface area (Å²) in [5, 5.41) is 1.33. The second-order valence-electron chi connectivity index (χ2n) is 6.25. The average Bonchev–Trinajstić information content (AvgIpc) is 2.98. The van der Waals surface area contributed by atoms with Crippen molar-refractivity contribution >= 4 is 33.1 Å². The van der Waals surface area contributed by atoms with E-state index in [4.69, 9.17) is 0 Å². The summed E-state index contributed by atoms with van der Waals surface area (Å²) >= 11 is -2.03. The number of rotatable bonds is 3. The molecule has 0 radical (unpaired) electrons. The van der Waals surface area contributed by atoms with Crippen LogP contribution >= 0.6 is 0 Å². The molecular weight excluding hydrogens is 315 g/mol. The second kappa shape index (κ2) is 4.01. The van der Waals surface area contributed by atoms with Gasteiger partial charge in [0.2, 0.25) is 0 Å². The zero-order chi connectivity index (χ0) is 12.0. The summed E-state index contributed by atoms with van der Waals surface area (Å²) in [6, 6.07) is 6.65. The summed E-state index contributed by atoms with van der Waals surface area (Å²) in [7, 11) is 0. The van der Waals surface area contributed by atoms with Gasteiger partial charge in [-0.3, -0.25) is 0 Å². The van der Waals surface area contributed by atoms with Crippen LogP contribution in [-0.2, 0) is 6.54 Å². The fraction of sp³-hybridized carbons (Fsp3) is 0.500. The summed E-state index contributed by atoms with van der Waals surface area (Å²) in [5.41, 5.74) is 1.21. The van der Waals surface area contributed by atoms with Gasteiger partial charge in [-0.2, -0.15) is 0 Å². The molecule has 90 valence electrons. The van der Waals surface area contributed by atoms with E-state index in [0.29, 0.717) is 0 Å². The van der Waals surface area contributed by atoms with Gasteiger partial charge < -0.3 is 0 Å². The first-order valence-corrected chi connectivity index (χ1v) is 16.5. The van der Waals surface area contributed by atoms with Crippen LogP contribution in [0.5, 0.6) is 0 Å². The molecule has 0 atom stereocenters. The van der Waals surface area contributed by atoms with Crippen molar-refractivity contribution in [2.75, 3.05) is 0 Å². The fourth-order valence-electron chi connectivity index (χ4n) is 2.45. The molecule has 0 aliphatic heterocycles. The Labute approximate surface area is 107 Å². The zero-order valence-electron chi connectivity index (χ0n) is 10.9. The van der Waals surface area contributed by atoms with Crippen LogP contribution in [0.4, 0.5) is 0 Å². The quantitative estimate of drug-likeness (QED) is 0.789. The Morgan fingerprint density at radius 2 is 2.12 bits per heavy atom. The van der Waals surface area contributed by atoms with Crippen molar-refractivity contribution in [1.82, 2.24) is 9.55 Å². The summed E-state index contributed by atoms with van der Waals surface area (Å²) in [6.07, 6.45) is 4.74. The second-order valence-corrected chi connectivity index (χ2v) is 20.6. The predicted molar refractivity (Wildman–Crippen MR) is 75.4 cm³/mol. The third kappa shape index (κ3) is 2.24. The Balaban J connectivity index is 2.17. The number of pyridine rings is 1. The summed E-state index contributed by atoms with van der Waals surface area (Å²) in [4.78, 5) is 12.1. The van der Waals surface area contributed by atoms with Crippen LogP contribution in [0.1, 0.15) is 12.8 Å². The molecule has 0 bridgehead atoms. The number of aromatic nitrogens is 2. The Kier molecular flexibility index (Phi) is 2.73. The maximum atomic E-state index is 4.59. The third-order valence-corrected chi connectivity index (χ3v) is 9.13. The van der Waals surface area contributed by atoms with E-state index < -0.39 is 18.4 Å². The Hall–Kier alpha value is -0.511. The van der Waals surface area contributed by atoms with Gasteiger partial charge in [0.05, 0.1) is 0 Å². The summed E-state index contributed by atoms with van der Waals surface area (Å²) in [6.45, 7) is 1.20. The van der Waals surface area contributed by atoms with E-state index in [1.807, 2.05) is 12.3 Å². The normalized spacial score (nSPS) is 16.6. The molecule has 3 rings (SSSR count). The summed E-state index contributed by atoms with van der Waals surface area (Å²) in [5.74, 6) is 0.917. The van der Waals surface area contributed by atoms with Gasteiger partial charge in [-0.25, -0.2) is 0 Å². The van der Waals surface area contributed by atoms with Crippen molar-refractivity contribution < 1.29 is 0 Å². The molecule has 2 aromatic rings. The van der Waals surface area contributed by atoms with E-state index in [9.17, 15) is 0 Å². The number of hydrogen-bond donors (Lipinski definition) is 0. The van der Waals surface area contributed by atoms with Crippen LogP contribution in [0.15, 0.2) is 24.4 Å². The molecule has 1 aliphatic rings. The first kappa shape index (κ1) is 11.6. The zero-order valence-corrected chi connectivity index (χ0v) is 13.8. The molecule has 0 amide bonds. The molecule has 0 saturated heterocycles. The maximum absolute atomic E-state index is 4.59. The Morgan fingerprint density at radius 1 is 1.35 bits per heavy atom. The molecule has 1 aliphatic carbocycles. The van der Waals surface area contributed by atoms with Crippen LogP contribution in [0, 0.1) is 5.92 Å². The van der Waals surface area contributed by atoms with E-state index in [1.54, 1.807) is 3.71 Å². The van der Waals surface area contributed by atoms with Crippen LogP contribution in [-0.4, -0.2) is 27.9 Å². The van der Waals surface area contributed by atoms with Crippen molar-refractivity contribution in [3.63, 3.8) is 0 Å². The fourth-order valence-corrected chi connectivity index (χ4v) is 7.01. The average molecular weight is 335 g/mol. The van der Waals surface area contributed by atoms with Crippen molar-refractivity contribution in [2.45, 2.75) is 34.2 Å². The van der Waals surface area contributed by atoms with Gasteiger partial charge in [0.25, 0.3) is 0 Å². The third-order valence-electron chi connectivity index (χ3n) is 3.56. The SMILES string of the molecule is [CH3][Sn]([CH3])([CH3])[c]1cc2cccnc2n1CC1CC1. The minimum absolute atomic E-state index is 0.917. The van der Waals surface area contributed by atoms with Crippen LogP contribution in [0.3, 0.4) is 0 Å². The van der Waals surface area contributed by atoms with Gasteiger partial charge in [-0.05, 0) is 0 Å². The van der Waals surface area contributed by atoms with Crippen molar-refractivity contribution in [3.05, 3.63) is 24.4 Å². The molecule has 0 N–H and O–H groups in total. The van der Waals surface area contributed by atoms with Crippen molar-refractivity contribution in [1.29, 1.82) is 0 Å². The topological polar surface area (TPSA) is 17.8 Å². The molecule has 2 aromatic heterocycles. The molecular formula is C14H20N2Sn. The van der Waals surface area contributed by atoms with E-state index >= 15 is 0 Å². The van der Waals surface area contributed by atoms with Gasteiger partial charge in [0, 0.05) is 0 Å². The van der Waals surface area contributed by atoms with E-state index in [0.717, 1.165) is 5.92 Å². The van der Waals surface area contributed by atoms with Crippen LogP contribution in [0.25, 0.3) is 11.0 Å². The Bertz CT molecular complexity index is 547. The number of hydrogen-bond acceptors (Lipinski definition) is 1. The first-order valence-electron chi connectivity index (χ1n) is 6.50. The first-order chi connectivity index (χ1) is 8.05. The molecule has 3 heteroatoms. The Morgan fingerprint density at radius 3 is 2.76 bits per heavy atom. The molecule has 17 heavy (non-hydrogen) atoms. The molecule has 0 spiro atoms.